The molecule has 0 spiro atoms. The van der Waals surface area contributed by atoms with Crippen molar-refractivity contribution in [1.29, 1.82) is 0 Å². The zero-order valence-electron chi connectivity index (χ0n) is 11.1. The van der Waals surface area contributed by atoms with Crippen LogP contribution in [0.3, 0.4) is 0 Å². The van der Waals surface area contributed by atoms with Crippen LogP contribution in [0.1, 0.15) is 37.5 Å². The monoisotopic (exact) mass is 267 g/mol. The number of carbonyl (C=O) groups excluding carboxylic acids is 1. The van der Waals surface area contributed by atoms with Crippen LogP contribution in [0.5, 0.6) is 0 Å². The molecule has 4 nitrogen and oxygen atoms in total. The van der Waals surface area contributed by atoms with Crippen LogP contribution in [0.15, 0.2) is 6.20 Å². The number of nitrogens with zero attached hydrogens (tertiary/aromatic N) is 1. The van der Waals surface area contributed by atoms with Crippen molar-refractivity contribution in [2.45, 2.75) is 39.5 Å². The van der Waals surface area contributed by atoms with Gasteiger partial charge in [0.05, 0.1) is 5.41 Å². The molecule has 1 amide bonds. The Morgan fingerprint density at radius 2 is 2.50 bits per heavy atom. The number of carbonyl (C=O) groups is 1. The van der Waals surface area contributed by atoms with Gasteiger partial charge in [-0.3, -0.25) is 4.79 Å². The summed E-state index contributed by atoms with van der Waals surface area (Å²) < 4.78 is 0. The van der Waals surface area contributed by atoms with Crippen LogP contribution < -0.4 is 10.6 Å². The standard InChI is InChI=1S/C13H21N3OS/c1-3-5-13(6-4-7-14-9-13)11(17)16-12-15-8-10(2)18-12/h8,14H,3-7,9H2,1-2H3,(H,15,16,17). The van der Waals surface area contributed by atoms with Crippen molar-refractivity contribution in [2.75, 3.05) is 18.4 Å². The third-order valence-corrected chi connectivity index (χ3v) is 4.35. The molecule has 0 radical (unpaired) electrons. The highest BCUT2D eigenvalue weighted by molar-refractivity contribution is 7.15. The van der Waals surface area contributed by atoms with Gasteiger partial charge in [0.15, 0.2) is 5.13 Å². The third-order valence-electron chi connectivity index (χ3n) is 3.52. The van der Waals surface area contributed by atoms with Gasteiger partial charge in [-0.25, -0.2) is 4.98 Å². The van der Waals surface area contributed by atoms with Gasteiger partial charge < -0.3 is 10.6 Å². The lowest BCUT2D eigenvalue weighted by atomic mass is 9.76. The topological polar surface area (TPSA) is 54.0 Å². The molecule has 1 atom stereocenters. The van der Waals surface area contributed by atoms with Gasteiger partial charge in [0.2, 0.25) is 5.91 Å². The molecule has 2 N–H and O–H groups in total. The fourth-order valence-corrected chi connectivity index (χ4v) is 3.27. The first kappa shape index (κ1) is 13.5. The number of aromatic nitrogens is 1. The van der Waals surface area contributed by atoms with E-state index in [0.717, 1.165) is 48.8 Å². The van der Waals surface area contributed by atoms with E-state index < -0.39 is 0 Å². The molecule has 0 bridgehead atoms. The van der Waals surface area contributed by atoms with Crippen LogP contribution in [-0.2, 0) is 4.79 Å². The number of anilines is 1. The van der Waals surface area contributed by atoms with Gasteiger partial charge in [-0.1, -0.05) is 13.3 Å². The van der Waals surface area contributed by atoms with Crippen LogP contribution in [0.4, 0.5) is 5.13 Å². The molecule has 0 saturated carbocycles. The van der Waals surface area contributed by atoms with Crippen LogP contribution in [0.25, 0.3) is 0 Å². The summed E-state index contributed by atoms with van der Waals surface area (Å²) >= 11 is 1.53. The molecule has 100 valence electrons. The summed E-state index contributed by atoms with van der Waals surface area (Å²) in [5.74, 6) is 0.130. The Morgan fingerprint density at radius 1 is 1.67 bits per heavy atom. The highest BCUT2D eigenvalue weighted by Crippen LogP contribution is 2.33. The van der Waals surface area contributed by atoms with Gasteiger partial charge in [-0.05, 0) is 32.7 Å². The van der Waals surface area contributed by atoms with Gasteiger partial charge in [0.25, 0.3) is 0 Å². The van der Waals surface area contributed by atoms with E-state index in [0.29, 0.717) is 0 Å². The fraction of sp³-hybridized carbons (Fsp3) is 0.692. The maximum absolute atomic E-state index is 12.5. The highest BCUT2D eigenvalue weighted by atomic mass is 32.1. The predicted molar refractivity (Wildman–Crippen MR) is 74.9 cm³/mol. The molecule has 1 fully saturated rings. The Bertz CT molecular complexity index is 405. The molecular weight excluding hydrogens is 246 g/mol. The van der Waals surface area contributed by atoms with Crippen molar-refractivity contribution >= 4 is 22.4 Å². The lowest BCUT2D eigenvalue weighted by Gasteiger charge is -2.35. The number of nitrogens with one attached hydrogen (secondary N) is 2. The molecule has 1 aliphatic rings. The summed E-state index contributed by atoms with van der Waals surface area (Å²) in [6.45, 7) is 5.95. The van der Waals surface area contributed by atoms with E-state index >= 15 is 0 Å². The lowest BCUT2D eigenvalue weighted by molar-refractivity contribution is -0.127. The zero-order chi connectivity index (χ0) is 13.0. The molecule has 1 aliphatic heterocycles. The molecule has 5 heteroatoms. The summed E-state index contributed by atoms with van der Waals surface area (Å²) in [7, 11) is 0. The van der Waals surface area contributed by atoms with E-state index in [2.05, 4.69) is 22.5 Å². The maximum Gasteiger partial charge on any atom is 0.233 e. The number of rotatable bonds is 4. The van der Waals surface area contributed by atoms with Crippen molar-refractivity contribution in [3.05, 3.63) is 11.1 Å². The molecule has 0 aliphatic carbocycles. The zero-order valence-corrected chi connectivity index (χ0v) is 11.9. The molecule has 0 aromatic carbocycles. The largest absolute Gasteiger partial charge is 0.316 e. The quantitative estimate of drug-likeness (QED) is 0.881. The molecule has 2 rings (SSSR count). The summed E-state index contributed by atoms with van der Waals surface area (Å²) in [4.78, 5) is 17.8. The molecular formula is C13H21N3OS. The first-order chi connectivity index (χ1) is 8.66. The third kappa shape index (κ3) is 2.90. The Balaban J connectivity index is 2.08. The van der Waals surface area contributed by atoms with E-state index in [1.807, 2.05) is 6.92 Å². The number of hydrogen-bond donors (Lipinski definition) is 2. The smallest absolute Gasteiger partial charge is 0.233 e. The summed E-state index contributed by atoms with van der Waals surface area (Å²) in [5.41, 5.74) is -0.243. The number of aryl methyl sites for hydroxylation is 1. The van der Waals surface area contributed by atoms with Crippen molar-refractivity contribution in [1.82, 2.24) is 10.3 Å². The van der Waals surface area contributed by atoms with Gasteiger partial charge in [0.1, 0.15) is 0 Å². The molecule has 1 aromatic rings. The predicted octanol–water partition coefficient (Wildman–Crippen LogP) is 2.56. The minimum atomic E-state index is -0.243. The lowest BCUT2D eigenvalue weighted by Crippen LogP contribution is -2.48. The van der Waals surface area contributed by atoms with Gasteiger partial charge in [0, 0.05) is 17.6 Å². The van der Waals surface area contributed by atoms with Crippen LogP contribution in [0, 0.1) is 12.3 Å². The molecule has 18 heavy (non-hydrogen) atoms. The molecule has 2 heterocycles. The Hall–Kier alpha value is -0.940. The second-order valence-electron chi connectivity index (χ2n) is 5.04. The number of amides is 1. The van der Waals surface area contributed by atoms with Crippen molar-refractivity contribution in [3.63, 3.8) is 0 Å². The second-order valence-corrected chi connectivity index (χ2v) is 6.28. The number of hydrogen-bond acceptors (Lipinski definition) is 4. The van der Waals surface area contributed by atoms with E-state index in [4.69, 9.17) is 0 Å². The van der Waals surface area contributed by atoms with E-state index in [1.165, 1.54) is 11.3 Å². The summed E-state index contributed by atoms with van der Waals surface area (Å²) in [6, 6.07) is 0. The van der Waals surface area contributed by atoms with Crippen LogP contribution >= 0.6 is 11.3 Å². The van der Waals surface area contributed by atoms with E-state index in [-0.39, 0.29) is 11.3 Å². The number of piperidine rings is 1. The van der Waals surface area contributed by atoms with Gasteiger partial charge in [-0.2, -0.15) is 0 Å². The minimum absolute atomic E-state index is 0.130. The van der Waals surface area contributed by atoms with Crippen LogP contribution in [-0.4, -0.2) is 24.0 Å². The molecule has 1 aromatic heterocycles. The summed E-state index contributed by atoms with van der Waals surface area (Å²) in [6.07, 6.45) is 5.82. The van der Waals surface area contributed by atoms with Crippen LogP contribution in [0.2, 0.25) is 0 Å². The average molecular weight is 267 g/mol. The summed E-state index contributed by atoms with van der Waals surface area (Å²) in [5, 5.41) is 7.06. The number of thiazole rings is 1. The highest BCUT2D eigenvalue weighted by Gasteiger charge is 2.38. The van der Waals surface area contributed by atoms with Crippen molar-refractivity contribution in [3.8, 4) is 0 Å². The van der Waals surface area contributed by atoms with Crippen molar-refractivity contribution in [2.24, 2.45) is 5.41 Å². The maximum atomic E-state index is 12.5. The fourth-order valence-electron chi connectivity index (χ4n) is 2.61. The van der Waals surface area contributed by atoms with Crippen molar-refractivity contribution < 1.29 is 4.79 Å². The van der Waals surface area contributed by atoms with E-state index in [9.17, 15) is 4.79 Å². The Morgan fingerprint density at radius 3 is 3.06 bits per heavy atom. The SMILES string of the molecule is CCCC1(C(=O)Nc2ncc(C)s2)CCCNC1. The first-order valence-corrected chi connectivity index (χ1v) is 7.42. The molecule has 1 saturated heterocycles. The van der Waals surface area contributed by atoms with Gasteiger partial charge >= 0.3 is 0 Å². The van der Waals surface area contributed by atoms with E-state index in [1.54, 1.807) is 6.20 Å². The normalized spacial score (nSPS) is 23.9. The Kier molecular flexibility index (Phi) is 4.35. The first-order valence-electron chi connectivity index (χ1n) is 6.61. The molecule has 1 unspecified atom stereocenters. The van der Waals surface area contributed by atoms with Gasteiger partial charge in [-0.15, -0.1) is 11.3 Å². The average Bonchev–Trinajstić information content (AvgIpc) is 2.76. The minimum Gasteiger partial charge on any atom is -0.316 e. The second kappa shape index (κ2) is 5.80. The Labute approximate surface area is 112 Å².